The molecule has 1 fully saturated rings. The summed E-state index contributed by atoms with van der Waals surface area (Å²) in [4.78, 5) is 2.31. The van der Waals surface area contributed by atoms with Crippen LogP contribution in [0, 0.1) is 5.92 Å². The predicted octanol–water partition coefficient (Wildman–Crippen LogP) is -0.298. The van der Waals surface area contributed by atoms with Crippen molar-refractivity contribution < 1.29 is 8.42 Å². The fraction of sp³-hybridized carbons (Fsp3) is 1.00. The van der Waals surface area contributed by atoms with Gasteiger partial charge in [-0.25, -0.2) is 8.42 Å². The fourth-order valence-corrected chi connectivity index (χ4v) is 2.51. The first-order valence-electron chi connectivity index (χ1n) is 5.11. The van der Waals surface area contributed by atoms with Crippen LogP contribution in [0.1, 0.15) is 12.8 Å². The third-order valence-electron chi connectivity index (χ3n) is 2.69. The van der Waals surface area contributed by atoms with Gasteiger partial charge in [-0.1, -0.05) is 0 Å². The first-order chi connectivity index (χ1) is 6.51. The second kappa shape index (κ2) is 5.09. The number of nitrogens with zero attached hydrogens (tertiary/aromatic N) is 1. The highest BCUT2D eigenvalue weighted by Gasteiger charge is 2.20. The van der Waals surface area contributed by atoms with Crippen molar-refractivity contribution in [3.8, 4) is 0 Å². The Bertz CT molecular complexity index is 264. The Morgan fingerprint density at radius 3 is 2.71 bits per heavy atom. The molecule has 5 heteroatoms. The zero-order valence-corrected chi connectivity index (χ0v) is 9.59. The number of rotatable bonds is 5. The minimum atomic E-state index is -2.79. The van der Waals surface area contributed by atoms with Gasteiger partial charge in [0.1, 0.15) is 9.84 Å². The molecule has 1 aliphatic rings. The molecule has 14 heavy (non-hydrogen) atoms. The number of sulfone groups is 1. The molecule has 0 amide bonds. The summed E-state index contributed by atoms with van der Waals surface area (Å²) in [6.45, 7) is 3.76. The van der Waals surface area contributed by atoms with Crippen LogP contribution in [0.2, 0.25) is 0 Å². The molecule has 0 aromatic rings. The SMILES string of the molecule is CS(=O)(=O)CCCN1CCC(CN)C1. The summed E-state index contributed by atoms with van der Waals surface area (Å²) >= 11 is 0. The average Bonchev–Trinajstić information content (AvgIpc) is 2.50. The van der Waals surface area contributed by atoms with Crippen molar-refractivity contribution in [2.24, 2.45) is 11.7 Å². The number of likely N-dealkylation sites (tertiary alicyclic amines) is 1. The van der Waals surface area contributed by atoms with Crippen molar-refractivity contribution in [1.29, 1.82) is 0 Å². The smallest absolute Gasteiger partial charge is 0.147 e. The van der Waals surface area contributed by atoms with Gasteiger partial charge in [-0.05, 0) is 38.4 Å². The standard InChI is InChI=1S/C9H20N2O2S/c1-14(12,13)6-2-4-11-5-3-9(7-10)8-11/h9H,2-8,10H2,1H3. The third-order valence-corrected chi connectivity index (χ3v) is 3.72. The lowest BCUT2D eigenvalue weighted by Crippen LogP contribution is -2.25. The second-order valence-corrected chi connectivity index (χ2v) is 6.43. The van der Waals surface area contributed by atoms with Crippen LogP contribution in [0.3, 0.4) is 0 Å². The van der Waals surface area contributed by atoms with Gasteiger partial charge in [0.15, 0.2) is 0 Å². The fourth-order valence-electron chi connectivity index (χ4n) is 1.86. The summed E-state index contributed by atoms with van der Waals surface area (Å²) in [5.41, 5.74) is 5.57. The van der Waals surface area contributed by atoms with Crippen LogP contribution in [0.5, 0.6) is 0 Å². The summed E-state index contributed by atoms with van der Waals surface area (Å²) in [6, 6.07) is 0. The minimum absolute atomic E-state index is 0.302. The van der Waals surface area contributed by atoms with E-state index in [1.165, 1.54) is 6.26 Å². The monoisotopic (exact) mass is 220 g/mol. The Morgan fingerprint density at radius 1 is 1.50 bits per heavy atom. The molecule has 0 aromatic heterocycles. The molecule has 0 saturated carbocycles. The van der Waals surface area contributed by atoms with E-state index >= 15 is 0 Å². The molecule has 0 bridgehead atoms. The van der Waals surface area contributed by atoms with Crippen LogP contribution >= 0.6 is 0 Å². The highest BCUT2D eigenvalue weighted by Crippen LogP contribution is 2.14. The van der Waals surface area contributed by atoms with Crippen LogP contribution in [-0.4, -0.2) is 51.5 Å². The zero-order chi connectivity index (χ0) is 10.6. The Morgan fingerprint density at radius 2 is 2.21 bits per heavy atom. The molecule has 1 saturated heterocycles. The maximum Gasteiger partial charge on any atom is 0.147 e. The topological polar surface area (TPSA) is 63.4 Å². The van der Waals surface area contributed by atoms with E-state index in [-0.39, 0.29) is 0 Å². The molecule has 1 aliphatic heterocycles. The van der Waals surface area contributed by atoms with E-state index in [1.54, 1.807) is 0 Å². The molecule has 0 aliphatic carbocycles. The van der Waals surface area contributed by atoms with Gasteiger partial charge in [0.25, 0.3) is 0 Å². The molecule has 1 atom stereocenters. The summed E-state index contributed by atoms with van der Waals surface area (Å²) in [7, 11) is -2.79. The summed E-state index contributed by atoms with van der Waals surface area (Å²) < 4.78 is 21.8. The largest absolute Gasteiger partial charge is 0.330 e. The van der Waals surface area contributed by atoms with Gasteiger partial charge in [0.05, 0.1) is 5.75 Å². The van der Waals surface area contributed by atoms with E-state index in [1.807, 2.05) is 0 Å². The molecule has 1 heterocycles. The predicted molar refractivity (Wildman–Crippen MR) is 57.9 cm³/mol. The van der Waals surface area contributed by atoms with Crippen LogP contribution in [0.4, 0.5) is 0 Å². The number of hydrogen-bond donors (Lipinski definition) is 1. The zero-order valence-electron chi connectivity index (χ0n) is 8.78. The lowest BCUT2D eigenvalue weighted by molar-refractivity contribution is 0.326. The number of hydrogen-bond acceptors (Lipinski definition) is 4. The van der Waals surface area contributed by atoms with Crippen LogP contribution in [-0.2, 0) is 9.84 Å². The number of nitrogens with two attached hydrogens (primary N) is 1. The lowest BCUT2D eigenvalue weighted by Gasteiger charge is -2.14. The van der Waals surface area contributed by atoms with Crippen molar-refractivity contribution in [2.45, 2.75) is 12.8 Å². The van der Waals surface area contributed by atoms with Gasteiger partial charge >= 0.3 is 0 Å². The molecule has 1 unspecified atom stereocenters. The van der Waals surface area contributed by atoms with E-state index in [9.17, 15) is 8.42 Å². The van der Waals surface area contributed by atoms with Gasteiger partial charge in [-0.2, -0.15) is 0 Å². The minimum Gasteiger partial charge on any atom is -0.330 e. The summed E-state index contributed by atoms with van der Waals surface area (Å²) in [6.07, 6.45) is 3.20. The molecule has 4 nitrogen and oxygen atoms in total. The van der Waals surface area contributed by atoms with Gasteiger partial charge in [0, 0.05) is 12.8 Å². The normalized spacial score (nSPS) is 24.3. The van der Waals surface area contributed by atoms with E-state index < -0.39 is 9.84 Å². The molecule has 0 radical (unpaired) electrons. The maximum atomic E-state index is 10.9. The molecular weight excluding hydrogens is 200 g/mol. The summed E-state index contributed by atoms with van der Waals surface area (Å²) in [5.74, 6) is 0.921. The Hall–Kier alpha value is -0.130. The van der Waals surface area contributed by atoms with E-state index in [2.05, 4.69) is 4.90 Å². The third kappa shape index (κ3) is 4.39. The van der Waals surface area contributed by atoms with Gasteiger partial charge in [-0.3, -0.25) is 0 Å². The van der Waals surface area contributed by atoms with Crippen molar-refractivity contribution in [3.05, 3.63) is 0 Å². The first kappa shape index (κ1) is 11.9. The molecule has 84 valence electrons. The highest BCUT2D eigenvalue weighted by molar-refractivity contribution is 7.90. The Kier molecular flexibility index (Phi) is 4.34. The molecule has 1 rings (SSSR count). The second-order valence-electron chi connectivity index (χ2n) is 4.17. The van der Waals surface area contributed by atoms with Crippen molar-refractivity contribution in [2.75, 3.05) is 38.2 Å². The van der Waals surface area contributed by atoms with E-state index in [4.69, 9.17) is 5.73 Å². The van der Waals surface area contributed by atoms with Crippen molar-refractivity contribution >= 4 is 9.84 Å². The first-order valence-corrected chi connectivity index (χ1v) is 7.17. The summed E-state index contributed by atoms with van der Waals surface area (Å²) in [5, 5.41) is 0. The van der Waals surface area contributed by atoms with Gasteiger partial charge in [-0.15, -0.1) is 0 Å². The van der Waals surface area contributed by atoms with Gasteiger partial charge < -0.3 is 10.6 Å². The molecule has 0 spiro atoms. The van der Waals surface area contributed by atoms with Crippen LogP contribution < -0.4 is 5.73 Å². The lowest BCUT2D eigenvalue weighted by atomic mass is 10.1. The van der Waals surface area contributed by atoms with Crippen molar-refractivity contribution in [3.63, 3.8) is 0 Å². The van der Waals surface area contributed by atoms with Crippen LogP contribution in [0.25, 0.3) is 0 Å². The maximum absolute atomic E-state index is 10.9. The van der Waals surface area contributed by atoms with Crippen molar-refractivity contribution in [1.82, 2.24) is 4.90 Å². The molecule has 0 aromatic carbocycles. The Labute approximate surface area is 86.4 Å². The quantitative estimate of drug-likeness (QED) is 0.691. The Balaban J connectivity index is 2.15. The highest BCUT2D eigenvalue weighted by atomic mass is 32.2. The van der Waals surface area contributed by atoms with Gasteiger partial charge in [0.2, 0.25) is 0 Å². The average molecular weight is 220 g/mol. The molecule has 2 N–H and O–H groups in total. The van der Waals surface area contributed by atoms with Crippen LogP contribution in [0.15, 0.2) is 0 Å². The van der Waals surface area contributed by atoms with E-state index in [0.29, 0.717) is 11.7 Å². The molecular formula is C9H20N2O2S. The van der Waals surface area contributed by atoms with E-state index in [0.717, 1.165) is 39.0 Å².